The standard InChI is InChI=1S/C24H26FN7O2/c1-14-9-31(10-15(2)28-14)20-5-4-18(21-22(20)27-7-6-26-21)24(33)30-16-8-19(25)23-29-17(13-34-3)12-32(23)11-16/h4-8,11-12,14-15,28H,9-10,13H2,1-3H3,(H,30,33)/t14-,15-/m0/s1. The summed E-state index contributed by atoms with van der Waals surface area (Å²) in [5, 5.41) is 6.31. The first-order valence-electron chi connectivity index (χ1n) is 11.1. The van der Waals surface area contributed by atoms with E-state index in [1.54, 1.807) is 38.0 Å². The quantitative estimate of drug-likeness (QED) is 0.470. The number of benzene rings is 1. The van der Waals surface area contributed by atoms with E-state index in [2.05, 4.69) is 44.3 Å². The summed E-state index contributed by atoms with van der Waals surface area (Å²) in [4.78, 5) is 28.7. The first kappa shape index (κ1) is 22.2. The molecule has 9 nitrogen and oxygen atoms in total. The fourth-order valence-corrected chi connectivity index (χ4v) is 4.60. The molecule has 176 valence electrons. The third-order valence-electron chi connectivity index (χ3n) is 5.85. The molecule has 1 saturated heterocycles. The molecule has 2 atom stereocenters. The summed E-state index contributed by atoms with van der Waals surface area (Å²) in [6.07, 6.45) is 6.49. The SMILES string of the molecule is COCc1cn2cc(NC(=O)c3ccc(N4C[C@H](C)N[C@@H](C)C4)c4nccnc34)cc(F)c2n1. The molecule has 0 bridgehead atoms. The van der Waals surface area contributed by atoms with Gasteiger partial charge in [-0.05, 0) is 26.0 Å². The zero-order chi connectivity index (χ0) is 23.8. The Hall–Kier alpha value is -3.63. The van der Waals surface area contributed by atoms with E-state index >= 15 is 0 Å². The fourth-order valence-electron chi connectivity index (χ4n) is 4.60. The summed E-state index contributed by atoms with van der Waals surface area (Å²) in [6.45, 7) is 6.22. The van der Waals surface area contributed by atoms with Crippen molar-refractivity contribution < 1.29 is 13.9 Å². The molecule has 0 saturated carbocycles. The van der Waals surface area contributed by atoms with Crippen LogP contribution in [0.3, 0.4) is 0 Å². The van der Waals surface area contributed by atoms with Crippen LogP contribution in [0.1, 0.15) is 29.9 Å². The molecule has 0 radical (unpaired) electrons. The van der Waals surface area contributed by atoms with E-state index in [1.807, 2.05) is 6.07 Å². The van der Waals surface area contributed by atoms with Crippen LogP contribution in [0.2, 0.25) is 0 Å². The number of nitrogens with zero attached hydrogens (tertiary/aromatic N) is 5. The molecule has 0 aliphatic carbocycles. The predicted octanol–water partition coefficient (Wildman–Crippen LogP) is 3.00. The van der Waals surface area contributed by atoms with Gasteiger partial charge in [-0.3, -0.25) is 14.8 Å². The minimum absolute atomic E-state index is 0.171. The number of aromatic nitrogens is 4. The summed E-state index contributed by atoms with van der Waals surface area (Å²) < 4.78 is 21.2. The highest BCUT2D eigenvalue weighted by Crippen LogP contribution is 2.29. The highest BCUT2D eigenvalue weighted by Gasteiger charge is 2.24. The van der Waals surface area contributed by atoms with Gasteiger partial charge in [0.1, 0.15) is 11.0 Å². The highest BCUT2D eigenvalue weighted by molar-refractivity contribution is 6.13. The van der Waals surface area contributed by atoms with E-state index < -0.39 is 11.7 Å². The van der Waals surface area contributed by atoms with Gasteiger partial charge in [0.25, 0.3) is 5.91 Å². The zero-order valence-corrected chi connectivity index (χ0v) is 19.2. The van der Waals surface area contributed by atoms with E-state index in [4.69, 9.17) is 4.74 Å². The zero-order valence-electron chi connectivity index (χ0n) is 19.2. The molecule has 34 heavy (non-hydrogen) atoms. The molecule has 4 aromatic rings. The first-order chi connectivity index (χ1) is 16.4. The Morgan fingerprint density at radius 1 is 1.18 bits per heavy atom. The average molecular weight is 464 g/mol. The van der Waals surface area contributed by atoms with Crippen molar-refractivity contribution in [2.75, 3.05) is 30.4 Å². The van der Waals surface area contributed by atoms with Crippen molar-refractivity contribution >= 4 is 34.0 Å². The lowest BCUT2D eigenvalue weighted by Gasteiger charge is -2.38. The van der Waals surface area contributed by atoms with Gasteiger partial charge in [-0.25, -0.2) is 9.37 Å². The van der Waals surface area contributed by atoms with Crippen molar-refractivity contribution in [2.24, 2.45) is 0 Å². The predicted molar refractivity (Wildman–Crippen MR) is 128 cm³/mol. The number of amides is 1. The second kappa shape index (κ2) is 8.96. The van der Waals surface area contributed by atoms with Crippen LogP contribution in [0.25, 0.3) is 16.7 Å². The van der Waals surface area contributed by atoms with E-state index in [1.165, 1.54) is 10.5 Å². The van der Waals surface area contributed by atoms with Crippen LogP contribution in [-0.2, 0) is 11.3 Å². The lowest BCUT2D eigenvalue weighted by molar-refractivity contribution is 0.102. The number of hydrogen-bond donors (Lipinski definition) is 2. The minimum Gasteiger partial charge on any atom is -0.378 e. The van der Waals surface area contributed by atoms with E-state index in [9.17, 15) is 9.18 Å². The van der Waals surface area contributed by atoms with Gasteiger partial charge in [0, 0.05) is 63.1 Å². The second-order valence-corrected chi connectivity index (χ2v) is 8.69. The van der Waals surface area contributed by atoms with E-state index in [0.717, 1.165) is 18.8 Å². The van der Waals surface area contributed by atoms with E-state index in [-0.39, 0.29) is 12.3 Å². The Morgan fingerprint density at radius 2 is 1.91 bits per heavy atom. The van der Waals surface area contributed by atoms with Crippen molar-refractivity contribution in [1.29, 1.82) is 0 Å². The van der Waals surface area contributed by atoms with Gasteiger partial charge >= 0.3 is 0 Å². The molecule has 1 fully saturated rings. The van der Waals surface area contributed by atoms with Crippen molar-refractivity contribution in [3.63, 3.8) is 0 Å². The maximum absolute atomic E-state index is 14.6. The van der Waals surface area contributed by atoms with E-state index in [0.29, 0.717) is 40.1 Å². The van der Waals surface area contributed by atoms with Crippen molar-refractivity contribution in [3.05, 3.63) is 60.1 Å². The molecule has 1 aliphatic heterocycles. The number of hydrogen-bond acceptors (Lipinski definition) is 7. The van der Waals surface area contributed by atoms with Gasteiger partial charge in [-0.1, -0.05) is 0 Å². The van der Waals surface area contributed by atoms with Gasteiger partial charge < -0.3 is 24.7 Å². The van der Waals surface area contributed by atoms with Gasteiger partial charge in [-0.15, -0.1) is 0 Å². The molecular formula is C24H26FN7O2. The van der Waals surface area contributed by atoms with Crippen LogP contribution in [0.15, 0.2) is 43.0 Å². The number of imidazole rings is 1. The maximum Gasteiger partial charge on any atom is 0.257 e. The van der Waals surface area contributed by atoms with Gasteiger partial charge in [0.15, 0.2) is 11.5 Å². The number of rotatable bonds is 5. The number of ether oxygens (including phenoxy) is 1. The van der Waals surface area contributed by atoms with Crippen molar-refractivity contribution in [3.8, 4) is 0 Å². The normalized spacial score (nSPS) is 18.5. The van der Waals surface area contributed by atoms with Crippen molar-refractivity contribution in [1.82, 2.24) is 24.7 Å². The largest absolute Gasteiger partial charge is 0.378 e. The summed E-state index contributed by atoms with van der Waals surface area (Å²) in [6, 6.07) is 5.57. The molecule has 10 heteroatoms. The fraction of sp³-hybridized carbons (Fsp3) is 0.333. The van der Waals surface area contributed by atoms with Crippen LogP contribution >= 0.6 is 0 Å². The number of halogens is 1. The van der Waals surface area contributed by atoms with Gasteiger partial charge in [-0.2, -0.15) is 0 Å². The van der Waals surface area contributed by atoms with Crippen LogP contribution in [0, 0.1) is 5.82 Å². The number of pyridine rings is 1. The minimum atomic E-state index is -0.540. The summed E-state index contributed by atoms with van der Waals surface area (Å²) in [5.74, 6) is -0.933. The molecule has 5 rings (SSSR count). The summed E-state index contributed by atoms with van der Waals surface area (Å²) in [7, 11) is 1.55. The van der Waals surface area contributed by atoms with Crippen LogP contribution < -0.4 is 15.5 Å². The maximum atomic E-state index is 14.6. The Labute approximate surface area is 196 Å². The Morgan fingerprint density at radius 3 is 2.65 bits per heavy atom. The molecular weight excluding hydrogens is 437 g/mol. The number of nitrogens with one attached hydrogen (secondary N) is 2. The molecule has 1 aromatic carbocycles. The second-order valence-electron chi connectivity index (χ2n) is 8.69. The third kappa shape index (κ3) is 4.17. The molecule has 0 spiro atoms. The lowest BCUT2D eigenvalue weighted by atomic mass is 10.1. The Bertz CT molecular complexity index is 1360. The Balaban J connectivity index is 1.47. The topological polar surface area (TPSA) is 96.7 Å². The average Bonchev–Trinajstić information content (AvgIpc) is 3.21. The van der Waals surface area contributed by atoms with Crippen LogP contribution in [0.4, 0.5) is 15.8 Å². The number of anilines is 2. The third-order valence-corrected chi connectivity index (χ3v) is 5.85. The summed E-state index contributed by atoms with van der Waals surface area (Å²) in [5.41, 5.74) is 3.55. The molecule has 2 N–H and O–H groups in total. The molecule has 0 unspecified atom stereocenters. The van der Waals surface area contributed by atoms with Crippen LogP contribution in [0.5, 0.6) is 0 Å². The number of piperazine rings is 1. The van der Waals surface area contributed by atoms with Gasteiger partial charge in [0.05, 0.1) is 29.2 Å². The number of methoxy groups -OCH3 is 1. The smallest absolute Gasteiger partial charge is 0.257 e. The molecule has 1 aliphatic rings. The molecule has 3 aromatic heterocycles. The number of carbonyl (C=O) groups excluding carboxylic acids is 1. The Kier molecular flexibility index (Phi) is 5.84. The number of fused-ring (bicyclic) bond motifs is 2. The van der Waals surface area contributed by atoms with Crippen LogP contribution in [-0.4, -0.2) is 57.5 Å². The summed E-state index contributed by atoms with van der Waals surface area (Å²) >= 11 is 0. The molecule has 1 amide bonds. The highest BCUT2D eigenvalue weighted by atomic mass is 19.1. The van der Waals surface area contributed by atoms with Crippen molar-refractivity contribution in [2.45, 2.75) is 32.5 Å². The first-order valence-corrected chi connectivity index (χ1v) is 11.1. The molecule has 4 heterocycles. The number of carbonyl (C=O) groups is 1. The monoisotopic (exact) mass is 463 g/mol. The van der Waals surface area contributed by atoms with Gasteiger partial charge in [0.2, 0.25) is 0 Å². The lowest BCUT2D eigenvalue weighted by Crippen LogP contribution is -2.54.